The fourth-order valence-corrected chi connectivity index (χ4v) is 2.19. The van der Waals surface area contributed by atoms with E-state index < -0.39 is 0 Å². The molecule has 0 amide bonds. The fourth-order valence-electron chi connectivity index (χ4n) is 2.19. The minimum atomic E-state index is -0.326. The number of benzene rings is 2. The summed E-state index contributed by atoms with van der Waals surface area (Å²) in [5.41, 5.74) is 3.05. The summed E-state index contributed by atoms with van der Waals surface area (Å²) < 4.78 is 10.8. The monoisotopic (exact) mass is 312 g/mol. The van der Waals surface area contributed by atoms with Crippen LogP contribution in [-0.2, 0) is 16.8 Å². The van der Waals surface area contributed by atoms with E-state index >= 15 is 0 Å². The predicted molar refractivity (Wildman–Crippen MR) is 91.9 cm³/mol. The first-order valence-corrected chi connectivity index (χ1v) is 7.89. The molecule has 3 nitrogen and oxygen atoms in total. The average molecular weight is 312 g/mol. The molecule has 2 aromatic rings. The summed E-state index contributed by atoms with van der Waals surface area (Å²) in [5, 5.41) is 0. The Hall–Kier alpha value is -2.29. The number of ether oxygens (including phenoxy) is 2. The molecule has 0 fully saturated rings. The van der Waals surface area contributed by atoms with Gasteiger partial charge in [0.15, 0.2) is 0 Å². The molecule has 0 aromatic heterocycles. The highest BCUT2D eigenvalue weighted by Crippen LogP contribution is 2.23. The molecule has 122 valence electrons. The van der Waals surface area contributed by atoms with Gasteiger partial charge < -0.3 is 9.47 Å². The molecule has 0 atom stereocenters. The molecular weight excluding hydrogens is 288 g/mol. The van der Waals surface area contributed by atoms with Gasteiger partial charge in [-0.3, -0.25) is 0 Å². The summed E-state index contributed by atoms with van der Waals surface area (Å²) in [6.45, 7) is 9.21. The molecule has 0 bridgehead atoms. The number of rotatable bonds is 5. The molecule has 2 aromatic carbocycles. The highest BCUT2D eigenvalue weighted by molar-refractivity contribution is 5.89. The normalized spacial score (nSPS) is 11.1. The molecular formula is C20H24O3. The molecule has 0 aliphatic rings. The van der Waals surface area contributed by atoms with Crippen molar-refractivity contribution in [2.75, 3.05) is 6.61 Å². The Morgan fingerprint density at radius 1 is 1.04 bits per heavy atom. The minimum absolute atomic E-state index is 0.146. The van der Waals surface area contributed by atoms with Crippen LogP contribution in [0.2, 0.25) is 0 Å². The van der Waals surface area contributed by atoms with Crippen LogP contribution in [-0.4, -0.2) is 12.6 Å². The number of carbonyl (C=O) groups excluding carboxylic acids is 1. The Kier molecular flexibility index (Phi) is 5.43. The summed E-state index contributed by atoms with van der Waals surface area (Å²) >= 11 is 0. The van der Waals surface area contributed by atoms with Crippen molar-refractivity contribution in [2.24, 2.45) is 0 Å². The number of hydrogen-bond donors (Lipinski definition) is 0. The van der Waals surface area contributed by atoms with E-state index in [1.165, 1.54) is 5.56 Å². The van der Waals surface area contributed by atoms with Crippen molar-refractivity contribution in [3.05, 3.63) is 65.2 Å². The molecule has 0 radical (unpaired) electrons. The van der Waals surface area contributed by atoms with Crippen LogP contribution in [0, 0.1) is 0 Å². The molecule has 0 aliphatic heterocycles. The van der Waals surface area contributed by atoms with Gasteiger partial charge in [-0.1, -0.05) is 51.1 Å². The van der Waals surface area contributed by atoms with Gasteiger partial charge in [-0.15, -0.1) is 0 Å². The van der Waals surface area contributed by atoms with Gasteiger partial charge in [0.05, 0.1) is 12.2 Å². The molecule has 0 unspecified atom stereocenters. The number of hydrogen-bond acceptors (Lipinski definition) is 3. The van der Waals surface area contributed by atoms with Crippen molar-refractivity contribution < 1.29 is 14.3 Å². The zero-order valence-corrected chi connectivity index (χ0v) is 14.3. The molecule has 23 heavy (non-hydrogen) atoms. The third-order valence-corrected chi connectivity index (χ3v) is 3.57. The smallest absolute Gasteiger partial charge is 0.338 e. The van der Waals surface area contributed by atoms with Gasteiger partial charge in [0, 0.05) is 0 Å². The van der Waals surface area contributed by atoms with Crippen LogP contribution in [0.3, 0.4) is 0 Å². The minimum Gasteiger partial charge on any atom is -0.489 e. The van der Waals surface area contributed by atoms with E-state index in [0.29, 0.717) is 24.5 Å². The maximum Gasteiger partial charge on any atom is 0.338 e. The second-order valence-electron chi connectivity index (χ2n) is 6.48. The summed E-state index contributed by atoms with van der Waals surface area (Å²) in [6.07, 6.45) is 0. The summed E-state index contributed by atoms with van der Waals surface area (Å²) in [4.78, 5) is 11.7. The summed E-state index contributed by atoms with van der Waals surface area (Å²) in [6, 6.07) is 15.5. The van der Waals surface area contributed by atoms with Gasteiger partial charge in [0.25, 0.3) is 0 Å². The van der Waals surface area contributed by atoms with Crippen LogP contribution in [0.1, 0.15) is 49.2 Å². The van der Waals surface area contributed by atoms with E-state index in [9.17, 15) is 4.79 Å². The third kappa shape index (κ3) is 4.85. The van der Waals surface area contributed by atoms with Gasteiger partial charge in [0.2, 0.25) is 0 Å². The van der Waals surface area contributed by atoms with Crippen molar-refractivity contribution in [1.29, 1.82) is 0 Å². The second kappa shape index (κ2) is 7.32. The lowest BCUT2D eigenvalue weighted by Gasteiger charge is -2.19. The van der Waals surface area contributed by atoms with Crippen LogP contribution < -0.4 is 4.74 Å². The largest absolute Gasteiger partial charge is 0.489 e. The van der Waals surface area contributed by atoms with E-state index in [2.05, 4.69) is 45.0 Å². The molecule has 0 heterocycles. The lowest BCUT2D eigenvalue weighted by Crippen LogP contribution is -2.10. The molecule has 0 saturated carbocycles. The standard InChI is InChI=1S/C20H24O3/c1-5-22-19(21)16-7-6-8-18(13-16)23-14-15-9-11-17(12-10-15)20(2,3)4/h6-13H,5,14H2,1-4H3. The lowest BCUT2D eigenvalue weighted by molar-refractivity contribution is 0.0526. The first-order chi connectivity index (χ1) is 10.9. The van der Waals surface area contributed by atoms with E-state index in [-0.39, 0.29) is 11.4 Å². The van der Waals surface area contributed by atoms with Crippen molar-refractivity contribution in [2.45, 2.75) is 39.7 Å². The van der Waals surface area contributed by atoms with Crippen LogP contribution >= 0.6 is 0 Å². The SMILES string of the molecule is CCOC(=O)c1cccc(OCc2ccc(C(C)(C)C)cc2)c1. The average Bonchev–Trinajstić information content (AvgIpc) is 2.53. The van der Waals surface area contributed by atoms with E-state index in [1.807, 2.05) is 6.07 Å². The topological polar surface area (TPSA) is 35.5 Å². The molecule has 2 rings (SSSR count). The third-order valence-electron chi connectivity index (χ3n) is 3.57. The van der Waals surface area contributed by atoms with Crippen LogP contribution in [0.15, 0.2) is 48.5 Å². The fraction of sp³-hybridized carbons (Fsp3) is 0.350. The van der Waals surface area contributed by atoms with Crippen LogP contribution in [0.5, 0.6) is 5.75 Å². The molecule has 3 heteroatoms. The Balaban J connectivity index is 2.01. The van der Waals surface area contributed by atoms with Crippen LogP contribution in [0.25, 0.3) is 0 Å². The highest BCUT2D eigenvalue weighted by atomic mass is 16.5. The molecule has 0 saturated heterocycles. The van der Waals surface area contributed by atoms with Gasteiger partial charge in [-0.2, -0.15) is 0 Å². The maximum atomic E-state index is 11.7. The number of carbonyl (C=O) groups is 1. The molecule has 0 aliphatic carbocycles. The zero-order chi connectivity index (χ0) is 16.9. The Labute approximate surface area is 138 Å². The second-order valence-corrected chi connectivity index (χ2v) is 6.48. The first kappa shape index (κ1) is 17.1. The van der Waals surface area contributed by atoms with Gasteiger partial charge in [-0.05, 0) is 41.7 Å². The van der Waals surface area contributed by atoms with E-state index in [4.69, 9.17) is 9.47 Å². The number of esters is 1. The van der Waals surface area contributed by atoms with E-state index in [1.54, 1.807) is 25.1 Å². The van der Waals surface area contributed by atoms with Crippen molar-refractivity contribution in [3.8, 4) is 5.75 Å². The lowest BCUT2D eigenvalue weighted by atomic mass is 9.87. The van der Waals surface area contributed by atoms with Crippen molar-refractivity contribution >= 4 is 5.97 Å². The van der Waals surface area contributed by atoms with Gasteiger partial charge >= 0.3 is 5.97 Å². The van der Waals surface area contributed by atoms with Crippen molar-refractivity contribution in [1.82, 2.24) is 0 Å². The predicted octanol–water partition coefficient (Wildman–Crippen LogP) is 4.74. The first-order valence-electron chi connectivity index (χ1n) is 7.89. The zero-order valence-electron chi connectivity index (χ0n) is 14.3. The van der Waals surface area contributed by atoms with Gasteiger partial charge in [0.1, 0.15) is 12.4 Å². The Bertz CT molecular complexity index is 651. The maximum absolute atomic E-state index is 11.7. The Morgan fingerprint density at radius 2 is 1.74 bits per heavy atom. The molecule has 0 spiro atoms. The summed E-state index contributed by atoms with van der Waals surface area (Å²) in [7, 11) is 0. The van der Waals surface area contributed by atoms with Crippen LogP contribution in [0.4, 0.5) is 0 Å². The highest BCUT2D eigenvalue weighted by Gasteiger charge is 2.13. The Morgan fingerprint density at radius 3 is 2.35 bits per heavy atom. The quantitative estimate of drug-likeness (QED) is 0.748. The molecule has 0 N–H and O–H groups in total. The van der Waals surface area contributed by atoms with Crippen molar-refractivity contribution in [3.63, 3.8) is 0 Å². The van der Waals surface area contributed by atoms with Gasteiger partial charge in [-0.25, -0.2) is 4.79 Å². The van der Waals surface area contributed by atoms with E-state index in [0.717, 1.165) is 5.56 Å². The summed E-state index contributed by atoms with van der Waals surface area (Å²) in [5.74, 6) is 0.336.